The molecule has 6 heteroatoms. The highest BCUT2D eigenvalue weighted by atomic mass is 32.1. The number of aryl methyl sites for hydroxylation is 3. The number of carbonyl (C=O) groups excluding carboxylic acids is 1. The number of amides is 1. The third kappa shape index (κ3) is 4.27. The quantitative estimate of drug-likeness (QED) is 0.505. The number of nitrogens with one attached hydrogen (secondary N) is 1. The lowest BCUT2D eigenvalue weighted by Crippen LogP contribution is -2.13. The van der Waals surface area contributed by atoms with Crippen molar-refractivity contribution in [2.45, 2.75) is 27.2 Å². The summed E-state index contributed by atoms with van der Waals surface area (Å²) in [5.41, 5.74) is 7.48. The van der Waals surface area contributed by atoms with Crippen molar-refractivity contribution in [2.24, 2.45) is 0 Å². The van der Waals surface area contributed by atoms with Gasteiger partial charge in [-0.2, -0.15) is 5.10 Å². The van der Waals surface area contributed by atoms with E-state index in [2.05, 4.69) is 48.3 Å². The molecular weight excluding hydrogens is 380 g/mol. The van der Waals surface area contributed by atoms with Crippen molar-refractivity contribution in [3.05, 3.63) is 82.5 Å². The molecule has 2 aromatic heterocycles. The van der Waals surface area contributed by atoms with Crippen LogP contribution in [0.1, 0.15) is 22.3 Å². The summed E-state index contributed by atoms with van der Waals surface area (Å²) in [6.07, 6.45) is 3.85. The number of aromatic nitrogens is 3. The summed E-state index contributed by atoms with van der Waals surface area (Å²) in [6, 6.07) is 14.1. The Labute approximate surface area is 174 Å². The van der Waals surface area contributed by atoms with Crippen molar-refractivity contribution in [1.29, 1.82) is 0 Å². The maximum atomic E-state index is 12.5. The van der Waals surface area contributed by atoms with E-state index < -0.39 is 0 Å². The zero-order valence-electron chi connectivity index (χ0n) is 16.6. The Bertz CT molecular complexity index is 1140. The number of thiazole rings is 1. The number of carbonyl (C=O) groups is 1. The fraction of sp³-hybridized carbons (Fsp3) is 0.174. The topological polar surface area (TPSA) is 59.8 Å². The smallest absolute Gasteiger partial charge is 0.230 e. The van der Waals surface area contributed by atoms with E-state index >= 15 is 0 Å². The molecule has 29 heavy (non-hydrogen) atoms. The average Bonchev–Trinajstić information content (AvgIpc) is 3.31. The highest BCUT2D eigenvalue weighted by Crippen LogP contribution is 2.31. The minimum Gasteiger partial charge on any atom is -0.302 e. The van der Waals surface area contributed by atoms with Crippen LogP contribution in [-0.4, -0.2) is 20.7 Å². The van der Waals surface area contributed by atoms with Gasteiger partial charge in [0.05, 0.1) is 24.0 Å². The lowest BCUT2D eigenvalue weighted by atomic mass is 9.98. The van der Waals surface area contributed by atoms with Crippen molar-refractivity contribution >= 4 is 22.4 Å². The molecule has 0 aliphatic carbocycles. The van der Waals surface area contributed by atoms with Gasteiger partial charge in [0.25, 0.3) is 0 Å². The maximum absolute atomic E-state index is 12.5. The van der Waals surface area contributed by atoms with Crippen LogP contribution in [0.25, 0.3) is 16.9 Å². The molecule has 0 saturated carbocycles. The molecule has 0 aliphatic rings. The van der Waals surface area contributed by atoms with Gasteiger partial charge in [-0.25, -0.2) is 9.67 Å². The summed E-state index contributed by atoms with van der Waals surface area (Å²) in [5, 5.41) is 9.86. The Balaban J connectivity index is 1.45. The molecule has 146 valence electrons. The first kappa shape index (κ1) is 19.1. The van der Waals surface area contributed by atoms with Crippen molar-refractivity contribution in [3.8, 4) is 16.9 Å². The molecular formula is C23H22N4OS. The number of nitrogens with zero attached hydrogens (tertiary/aromatic N) is 3. The SMILES string of the molecule is Cc1cc(C)c(-c2csc(NC(=O)Cc3cnn(-c4ccccc4)c3)n2)c(C)c1. The molecule has 0 spiro atoms. The molecule has 0 unspecified atom stereocenters. The number of rotatable bonds is 5. The third-order valence-corrected chi connectivity index (χ3v) is 5.46. The van der Waals surface area contributed by atoms with Gasteiger partial charge in [-0.3, -0.25) is 4.79 Å². The summed E-state index contributed by atoms with van der Waals surface area (Å²) in [7, 11) is 0. The highest BCUT2D eigenvalue weighted by Gasteiger charge is 2.13. The number of benzene rings is 2. The summed E-state index contributed by atoms with van der Waals surface area (Å²) in [6.45, 7) is 6.28. The van der Waals surface area contributed by atoms with E-state index in [1.165, 1.54) is 28.0 Å². The summed E-state index contributed by atoms with van der Waals surface area (Å²) < 4.78 is 1.77. The third-order valence-electron chi connectivity index (χ3n) is 4.71. The number of hydrogen-bond acceptors (Lipinski definition) is 4. The van der Waals surface area contributed by atoms with Crippen LogP contribution >= 0.6 is 11.3 Å². The van der Waals surface area contributed by atoms with Crippen LogP contribution in [0.2, 0.25) is 0 Å². The molecule has 0 fully saturated rings. The van der Waals surface area contributed by atoms with E-state index in [0.717, 1.165) is 22.5 Å². The second kappa shape index (κ2) is 8.01. The average molecular weight is 403 g/mol. The van der Waals surface area contributed by atoms with Crippen LogP contribution in [-0.2, 0) is 11.2 Å². The Kier molecular flexibility index (Phi) is 5.27. The maximum Gasteiger partial charge on any atom is 0.230 e. The van der Waals surface area contributed by atoms with Crippen LogP contribution < -0.4 is 5.32 Å². The lowest BCUT2D eigenvalue weighted by molar-refractivity contribution is -0.115. The first-order chi connectivity index (χ1) is 14.0. The van der Waals surface area contributed by atoms with Gasteiger partial charge in [0.15, 0.2) is 5.13 Å². The van der Waals surface area contributed by atoms with Gasteiger partial charge in [-0.15, -0.1) is 11.3 Å². The zero-order valence-corrected chi connectivity index (χ0v) is 17.5. The molecule has 0 aliphatic heterocycles. The van der Waals surface area contributed by atoms with E-state index in [1.807, 2.05) is 41.9 Å². The van der Waals surface area contributed by atoms with E-state index in [4.69, 9.17) is 0 Å². The fourth-order valence-electron chi connectivity index (χ4n) is 3.55. The molecule has 2 aromatic carbocycles. The van der Waals surface area contributed by atoms with Crippen LogP contribution in [0.4, 0.5) is 5.13 Å². The molecule has 0 bridgehead atoms. The Morgan fingerprint density at radius 3 is 2.55 bits per heavy atom. The van der Waals surface area contributed by atoms with E-state index in [0.29, 0.717) is 5.13 Å². The van der Waals surface area contributed by atoms with Crippen molar-refractivity contribution in [3.63, 3.8) is 0 Å². The first-order valence-electron chi connectivity index (χ1n) is 9.42. The van der Waals surface area contributed by atoms with Crippen LogP contribution in [0.15, 0.2) is 60.2 Å². The standard InChI is InChI=1S/C23H22N4OS/c1-15-9-16(2)22(17(3)10-15)20-14-29-23(25-20)26-21(28)11-18-12-24-27(13-18)19-7-5-4-6-8-19/h4-10,12-14H,11H2,1-3H3,(H,25,26,28). The predicted molar refractivity (Wildman–Crippen MR) is 118 cm³/mol. The minimum absolute atomic E-state index is 0.101. The Morgan fingerprint density at radius 2 is 1.83 bits per heavy atom. The Hall–Kier alpha value is -3.25. The van der Waals surface area contributed by atoms with E-state index in [1.54, 1.807) is 10.9 Å². The van der Waals surface area contributed by atoms with Gasteiger partial charge < -0.3 is 5.32 Å². The predicted octanol–water partition coefficient (Wildman–Crippen LogP) is 5.10. The summed E-state index contributed by atoms with van der Waals surface area (Å²) in [4.78, 5) is 17.1. The van der Waals surface area contributed by atoms with Gasteiger partial charge >= 0.3 is 0 Å². The molecule has 2 heterocycles. The number of para-hydroxylation sites is 1. The number of anilines is 1. The number of hydrogen-bond donors (Lipinski definition) is 1. The molecule has 0 saturated heterocycles. The molecule has 1 amide bonds. The van der Waals surface area contributed by atoms with Gasteiger partial charge in [-0.05, 0) is 49.6 Å². The molecule has 4 rings (SSSR count). The van der Waals surface area contributed by atoms with Gasteiger partial charge in [0.1, 0.15) is 0 Å². The normalized spacial score (nSPS) is 10.9. The van der Waals surface area contributed by atoms with Gasteiger partial charge in [0.2, 0.25) is 5.91 Å². The van der Waals surface area contributed by atoms with E-state index in [-0.39, 0.29) is 12.3 Å². The second-order valence-electron chi connectivity index (χ2n) is 7.17. The monoisotopic (exact) mass is 402 g/mol. The molecule has 5 nitrogen and oxygen atoms in total. The molecule has 0 radical (unpaired) electrons. The van der Waals surface area contributed by atoms with Gasteiger partial charge in [0, 0.05) is 17.1 Å². The van der Waals surface area contributed by atoms with E-state index in [9.17, 15) is 4.79 Å². The van der Waals surface area contributed by atoms with Crippen molar-refractivity contribution < 1.29 is 4.79 Å². The summed E-state index contributed by atoms with van der Waals surface area (Å²) >= 11 is 1.44. The Morgan fingerprint density at radius 1 is 1.10 bits per heavy atom. The van der Waals surface area contributed by atoms with Crippen LogP contribution in [0.5, 0.6) is 0 Å². The zero-order chi connectivity index (χ0) is 20.4. The largest absolute Gasteiger partial charge is 0.302 e. The van der Waals surface area contributed by atoms with Crippen molar-refractivity contribution in [2.75, 3.05) is 5.32 Å². The second-order valence-corrected chi connectivity index (χ2v) is 8.02. The minimum atomic E-state index is -0.101. The first-order valence-corrected chi connectivity index (χ1v) is 10.3. The summed E-state index contributed by atoms with van der Waals surface area (Å²) in [5.74, 6) is -0.101. The van der Waals surface area contributed by atoms with Crippen LogP contribution in [0, 0.1) is 20.8 Å². The molecule has 1 N–H and O–H groups in total. The molecule has 0 atom stereocenters. The van der Waals surface area contributed by atoms with Crippen LogP contribution in [0.3, 0.4) is 0 Å². The lowest BCUT2D eigenvalue weighted by Gasteiger charge is -2.08. The molecule has 4 aromatic rings. The fourth-order valence-corrected chi connectivity index (χ4v) is 4.27. The van der Waals surface area contributed by atoms with Crippen molar-refractivity contribution in [1.82, 2.24) is 14.8 Å². The van der Waals surface area contributed by atoms with Gasteiger partial charge in [-0.1, -0.05) is 35.9 Å². The highest BCUT2D eigenvalue weighted by molar-refractivity contribution is 7.14.